The molecule has 0 unspecified atom stereocenters. The Morgan fingerprint density at radius 1 is 1.35 bits per heavy atom. The van der Waals surface area contributed by atoms with Crippen molar-refractivity contribution >= 4 is 12.0 Å². The van der Waals surface area contributed by atoms with E-state index in [1.165, 1.54) is 18.2 Å². The summed E-state index contributed by atoms with van der Waals surface area (Å²) in [7, 11) is 0. The van der Waals surface area contributed by atoms with Crippen LogP contribution in [0.5, 0.6) is 0 Å². The Morgan fingerprint density at radius 2 is 2.05 bits per heavy atom. The van der Waals surface area contributed by atoms with Gasteiger partial charge in [-0.3, -0.25) is 4.79 Å². The summed E-state index contributed by atoms with van der Waals surface area (Å²) in [5.74, 6) is -0.319. The average Bonchev–Trinajstić information content (AvgIpc) is 2.40. The number of nitrogens with zero attached hydrogens (tertiary/aromatic N) is 1. The van der Waals surface area contributed by atoms with E-state index in [2.05, 4.69) is 0 Å². The minimum absolute atomic E-state index is 0.0347. The van der Waals surface area contributed by atoms with Crippen molar-refractivity contribution in [2.75, 3.05) is 13.2 Å². The Labute approximate surface area is 118 Å². The van der Waals surface area contributed by atoms with Crippen molar-refractivity contribution in [3.8, 4) is 0 Å². The molecule has 1 fully saturated rings. The zero-order chi connectivity index (χ0) is 14.4. The number of benzene rings is 1. The van der Waals surface area contributed by atoms with Gasteiger partial charge in [-0.05, 0) is 49.5 Å². The predicted octanol–water partition coefficient (Wildman–Crippen LogP) is 2.60. The van der Waals surface area contributed by atoms with Gasteiger partial charge in [0.25, 0.3) is 0 Å². The van der Waals surface area contributed by atoms with Crippen LogP contribution >= 0.6 is 0 Å². The van der Waals surface area contributed by atoms with Gasteiger partial charge >= 0.3 is 0 Å². The largest absolute Gasteiger partial charge is 0.396 e. The summed E-state index contributed by atoms with van der Waals surface area (Å²) >= 11 is 0. The fourth-order valence-corrected chi connectivity index (χ4v) is 2.25. The number of hydrogen-bond donors (Lipinski definition) is 1. The summed E-state index contributed by atoms with van der Waals surface area (Å²) in [4.78, 5) is 14.0. The fourth-order valence-electron chi connectivity index (χ4n) is 2.25. The van der Waals surface area contributed by atoms with E-state index in [1.807, 2.05) is 4.90 Å². The number of amides is 1. The molecule has 0 radical (unpaired) electrons. The molecule has 1 N–H and O–H groups in total. The van der Waals surface area contributed by atoms with Gasteiger partial charge in [0.05, 0.1) is 0 Å². The smallest absolute Gasteiger partial charge is 0.246 e. The van der Waals surface area contributed by atoms with E-state index in [1.54, 1.807) is 18.2 Å². The van der Waals surface area contributed by atoms with Gasteiger partial charge in [0, 0.05) is 25.3 Å². The van der Waals surface area contributed by atoms with Gasteiger partial charge in [-0.25, -0.2) is 4.39 Å². The molecule has 1 amide bonds. The summed E-state index contributed by atoms with van der Waals surface area (Å²) < 4.78 is 12.8. The third-order valence-corrected chi connectivity index (χ3v) is 3.64. The van der Waals surface area contributed by atoms with Crippen LogP contribution in [0.15, 0.2) is 30.3 Å². The van der Waals surface area contributed by atoms with E-state index in [4.69, 9.17) is 5.11 Å². The third kappa shape index (κ3) is 3.90. The molecule has 1 aromatic carbocycles. The van der Waals surface area contributed by atoms with Crippen LogP contribution < -0.4 is 0 Å². The Hall–Kier alpha value is -1.68. The lowest BCUT2D eigenvalue weighted by molar-refractivity contribution is -0.130. The first-order valence-corrected chi connectivity index (χ1v) is 7.06. The molecule has 0 atom stereocenters. The maximum atomic E-state index is 12.8. The molecule has 108 valence electrons. The molecule has 1 saturated carbocycles. The predicted molar refractivity (Wildman–Crippen MR) is 76.5 cm³/mol. The highest BCUT2D eigenvalue weighted by Crippen LogP contribution is 2.25. The molecule has 0 heterocycles. The molecule has 3 nitrogen and oxygen atoms in total. The molecular weight excluding hydrogens is 257 g/mol. The molecule has 0 spiro atoms. The van der Waals surface area contributed by atoms with Crippen LogP contribution in [0, 0.1) is 5.82 Å². The Kier molecular flexibility index (Phi) is 5.30. The van der Waals surface area contributed by atoms with Crippen molar-refractivity contribution in [2.24, 2.45) is 0 Å². The number of halogens is 1. The van der Waals surface area contributed by atoms with Crippen LogP contribution in [0.4, 0.5) is 4.39 Å². The third-order valence-electron chi connectivity index (χ3n) is 3.64. The second-order valence-electron chi connectivity index (χ2n) is 5.08. The minimum atomic E-state index is -0.285. The van der Waals surface area contributed by atoms with E-state index in [0.717, 1.165) is 24.8 Å². The van der Waals surface area contributed by atoms with Crippen LogP contribution in [-0.4, -0.2) is 35.1 Å². The van der Waals surface area contributed by atoms with Gasteiger partial charge in [0.15, 0.2) is 0 Å². The van der Waals surface area contributed by atoms with Crippen LogP contribution in [0.25, 0.3) is 6.08 Å². The van der Waals surface area contributed by atoms with Crippen molar-refractivity contribution in [1.82, 2.24) is 4.90 Å². The highest BCUT2D eigenvalue weighted by Gasteiger charge is 2.26. The standard InChI is InChI=1S/C16H20FNO2/c17-14-8-5-13(6-9-14)7-10-16(20)18(11-2-12-19)15-3-1-4-15/h5-10,15,19H,1-4,11-12H2/b10-7+. The minimum Gasteiger partial charge on any atom is -0.396 e. The Morgan fingerprint density at radius 3 is 2.60 bits per heavy atom. The molecule has 0 aliphatic heterocycles. The first-order valence-electron chi connectivity index (χ1n) is 7.06. The van der Waals surface area contributed by atoms with Crippen LogP contribution in [0.2, 0.25) is 0 Å². The van der Waals surface area contributed by atoms with Crippen molar-refractivity contribution in [3.63, 3.8) is 0 Å². The van der Waals surface area contributed by atoms with Gasteiger partial charge in [0.2, 0.25) is 5.91 Å². The lowest BCUT2D eigenvalue weighted by Gasteiger charge is -2.37. The molecule has 1 aliphatic carbocycles. The maximum absolute atomic E-state index is 12.8. The lowest BCUT2D eigenvalue weighted by atomic mass is 9.91. The SMILES string of the molecule is O=C(/C=C/c1ccc(F)cc1)N(CCCO)C1CCC1. The summed E-state index contributed by atoms with van der Waals surface area (Å²) in [6.45, 7) is 0.686. The molecule has 4 heteroatoms. The second-order valence-corrected chi connectivity index (χ2v) is 5.08. The van der Waals surface area contributed by atoms with Crippen molar-refractivity contribution < 1.29 is 14.3 Å². The second kappa shape index (κ2) is 7.20. The summed E-state index contributed by atoms with van der Waals surface area (Å²) in [6.07, 6.45) is 7.08. The van der Waals surface area contributed by atoms with E-state index in [-0.39, 0.29) is 18.3 Å². The number of hydrogen-bond acceptors (Lipinski definition) is 2. The molecular formula is C16H20FNO2. The highest BCUT2D eigenvalue weighted by molar-refractivity contribution is 5.92. The number of rotatable bonds is 6. The molecule has 2 rings (SSSR count). The summed E-state index contributed by atoms with van der Waals surface area (Å²) in [5.41, 5.74) is 0.801. The average molecular weight is 277 g/mol. The molecule has 0 aromatic heterocycles. The normalized spacial score (nSPS) is 15.3. The van der Waals surface area contributed by atoms with Gasteiger partial charge < -0.3 is 10.0 Å². The summed E-state index contributed by atoms with van der Waals surface area (Å²) in [6, 6.07) is 6.34. The van der Waals surface area contributed by atoms with E-state index in [0.29, 0.717) is 19.0 Å². The zero-order valence-electron chi connectivity index (χ0n) is 11.5. The Bertz CT molecular complexity index is 466. The van der Waals surface area contributed by atoms with Crippen LogP contribution in [0.1, 0.15) is 31.2 Å². The first kappa shape index (κ1) is 14.7. The molecule has 0 saturated heterocycles. The number of carbonyl (C=O) groups is 1. The van der Waals surface area contributed by atoms with Crippen LogP contribution in [-0.2, 0) is 4.79 Å². The monoisotopic (exact) mass is 277 g/mol. The first-order chi connectivity index (χ1) is 9.70. The number of aliphatic hydroxyl groups excluding tert-OH is 1. The lowest BCUT2D eigenvalue weighted by Crippen LogP contribution is -2.44. The molecule has 1 aromatic rings. The molecule has 0 bridgehead atoms. The van der Waals surface area contributed by atoms with Crippen molar-refractivity contribution in [3.05, 3.63) is 41.7 Å². The van der Waals surface area contributed by atoms with E-state index >= 15 is 0 Å². The highest BCUT2D eigenvalue weighted by atomic mass is 19.1. The van der Waals surface area contributed by atoms with Crippen molar-refractivity contribution in [1.29, 1.82) is 0 Å². The Balaban J connectivity index is 1.97. The van der Waals surface area contributed by atoms with Gasteiger partial charge in [-0.2, -0.15) is 0 Å². The molecule has 1 aliphatic rings. The molecule has 20 heavy (non-hydrogen) atoms. The quantitative estimate of drug-likeness (QED) is 0.812. The fraction of sp³-hybridized carbons (Fsp3) is 0.438. The zero-order valence-corrected chi connectivity index (χ0v) is 11.5. The topological polar surface area (TPSA) is 40.5 Å². The van der Waals surface area contributed by atoms with Gasteiger partial charge in [0.1, 0.15) is 5.82 Å². The maximum Gasteiger partial charge on any atom is 0.246 e. The van der Waals surface area contributed by atoms with Gasteiger partial charge in [-0.1, -0.05) is 12.1 Å². The van der Waals surface area contributed by atoms with Crippen LogP contribution in [0.3, 0.4) is 0 Å². The van der Waals surface area contributed by atoms with Gasteiger partial charge in [-0.15, -0.1) is 0 Å². The number of aliphatic hydroxyl groups is 1. The van der Waals surface area contributed by atoms with E-state index < -0.39 is 0 Å². The van der Waals surface area contributed by atoms with Crippen molar-refractivity contribution in [2.45, 2.75) is 31.7 Å². The van der Waals surface area contributed by atoms with E-state index in [9.17, 15) is 9.18 Å². The summed E-state index contributed by atoms with van der Waals surface area (Å²) in [5, 5.41) is 8.91. The number of carbonyl (C=O) groups excluding carboxylic acids is 1.